The van der Waals surface area contributed by atoms with Crippen LogP contribution in [0.2, 0.25) is 0 Å². The Morgan fingerprint density at radius 2 is 1.23 bits per heavy atom. The van der Waals surface area contributed by atoms with Gasteiger partial charge in [0.25, 0.3) is 0 Å². The van der Waals surface area contributed by atoms with Crippen LogP contribution >= 0.6 is 0 Å². The highest BCUT2D eigenvalue weighted by Crippen LogP contribution is 2.45. The van der Waals surface area contributed by atoms with E-state index in [1.165, 1.54) is 103 Å². The number of carbonyl (C=O) groups is 1. The number of nitrogens with one attached hydrogen (secondary N) is 1. The second-order valence-corrected chi connectivity index (χ2v) is 11.9. The van der Waals surface area contributed by atoms with Gasteiger partial charge in [-0.25, -0.2) is 4.79 Å². The third kappa shape index (κ3) is 11.9. The van der Waals surface area contributed by atoms with Gasteiger partial charge in [-0.2, -0.15) is 0 Å². The van der Waals surface area contributed by atoms with Crippen molar-refractivity contribution < 1.29 is 9.63 Å². The third-order valence-electron chi connectivity index (χ3n) is 9.08. The topological polar surface area (TPSA) is 41.6 Å². The molecule has 208 valence electrons. The van der Waals surface area contributed by atoms with Crippen LogP contribution in [0.25, 0.3) is 0 Å². The van der Waals surface area contributed by atoms with Crippen LogP contribution in [0.3, 0.4) is 0 Å². The molecule has 0 aromatic rings. The molecular weight excluding hydrogens is 432 g/mol. The molecule has 1 saturated heterocycles. The van der Waals surface area contributed by atoms with Crippen LogP contribution in [0.15, 0.2) is 0 Å². The van der Waals surface area contributed by atoms with Crippen LogP contribution in [-0.2, 0) is 4.84 Å². The maximum atomic E-state index is 12.6. The molecule has 1 fully saturated rings. The molecule has 0 spiro atoms. The summed E-state index contributed by atoms with van der Waals surface area (Å²) in [5, 5.41) is 5.07. The molecule has 1 N–H and O–H groups in total. The quantitative estimate of drug-likeness (QED) is 0.171. The van der Waals surface area contributed by atoms with Crippen molar-refractivity contribution in [2.75, 3.05) is 6.54 Å². The van der Waals surface area contributed by atoms with Crippen molar-refractivity contribution in [2.45, 2.75) is 181 Å². The molecule has 0 bridgehead atoms. The predicted octanol–water partition coefficient (Wildman–Crippen LogP) is 9.96. The minimum Gasteiger partial charge on any atom is -0.350 e. The summed E-state index contributed by atoms with van der Waals surface area (Å²) in [6.07, 6.45) is 25.8. The maximum absolute atomic E-state index is 12.6. The molecule has 1 amide bonds. The summed E-state index contributed by atoms with van der Waals surface area (Å²) in [5.41, 5.74) is -0.183. The van der Waals surface area contributed by atoms with E-state index in [0.717, 1.165) is 25.7 Å². The van der Waals surface area contributed by atoms with Crippen LogP contribution in [0, 0.1) is 5.92 Å². The number of piperidine rings is 1. The molecule has 0 saturated carbocycles. The molecule has 4 heteroatoms. The fraction of sp³-hybridized carbons (Fsp3) is 0.968. The minimum atomic E-state index is -0.278. The van der Waals surface area contributed by atoms with Crippen LogP contribution in [-0.4, -0.2) is 28.8 Å². The van der Waals surface area contributed by atoms with E-state index in [1.54, 1.807) is 0 Å². The zero-order valence-corrected chi connectivity index (χ0v) is 24.7. The van der Waals surface area contributed by atoms with E-state index in [4.69, 9.17) is 4.84 Å². The first kappa shape index (κ1) is 32.3. The summed E-state index contributed by atoms with van der Waals surface area (Å²) in [7, 11) is 0. The van der Waals surface area contributed by atoms with Gasteiger partial charge in [0.15, 0.2) is 0 Å². The van der Waals surface area contributed by atoms with E-state index in [2.05, 4.69) is 51.9 Å². The highest BCUT2D eigenvalue weighted by molar-refractivity contribution is 5.66. The van der Waals surface area contributed by atoms with Crippen molar-refractivity contribution in [1.82, 2.24) is 10.4 Å². The molecule has 0 aliphatic carbocycles. The second-order valence-electron chi connectivity index (χ2n) is 11.9. The van der Waals surface area contributed by atoms with Crippen LogP contribution < -0.4 is 5.32 Å². The number of carbonyl (C=O) groups excluding carboxylic acids is 1. The fourth-order valence-corrected chi connectivity index (χ4v) is 5.76. The number of hydrogen-bond acceptors (Lipinski definition) is 3. The molecule has 0 aromatic carbocycles. The van der Waals surface area contributed by atoms with Gasteiger partial charge in [-0.3, -0.25) is 0 Å². The van der Waals surface area contributed by atoms with Crippen molar-refractivity contribution in [3.63, 3.8) is 0 Å². The lowest BCUT2D eigenvalue weighted by Crippen LogP contribution is -2.64. The maximum Gasteiger partial charge on any atom is 0.426 e. The number of rotatable bonds is 20. The number of amides is 1. The first-order valence-electron chi connectivity index (χ1n) is 15.6. The first-order chi connectivity index (χ1) is 16.8. The molecule has 1 rings (SSSR count). The van der Waals surface area contributed by atoms with Crippen LogP contribution in [0.4, 0.5) is 4.79 Å². The number of hydrogen-bond donors (Lipinski definition) is 1. The largest absolute Gasteiger partial charge is 0.426 e. The summed E-state index contributed by atoms with van der Waals surface area (Å²) in [6.45, 7) is 14.2. The van der Waals surface area contributed by atoms with Crippen molar-refractivity contribution in [1.29, 1.82) is 0 Å². The predicted molar refractivity (Wildman–Crippen MR) is 152 cm³/mol. The van der Waals surface area contributed by atoms with Gasteiger partial charge in [-0.05, 0) is 51.9 Å². The van der Waals surface area contributed by atoms with E-state index in [9.17, 15) is 4.79 Å². The molecule has 1 heterocycles. The summed E-state index contributed by atoms with van der Waals surface area (Å²) >= 11 is 0. The average Bonchev–Trinajstić information content (AvgIpc) is 2.86. The van der Waals surface area contributed by atoms with Gasteiger partial charge in [0.2, 0.25) is 0 Å². The normalized spacial score (nSPS) is 25.0. The Morgan fingerprint density at radius 1 is 0.771 bits per heavy atom. The zero-order chi connectivity index (χ0) is 26.0. The summed E-state index contributed by atoms with van der Waals surface area (Å²) in [5.74, 6) is 0.514. The summed E-state index contributed by atoms with van der Waals surface area (Å²) in [4.78, 5) is 18.6. The second kappa shape index (κ2) is 18.5. The van der Waals surface area contributed by atoms with Gasteiger partial charge in [-0.15, -0.1) is 5.06 Å². The van der Waals surface area contributed by atoms with E-state index >= 15 is 0 Å². The first-order valence-corrected chi connectivity index (χ1v) is 15.6. The number of nitrogens with zero attached hydrogens (tertiary/aromatic N) is 1. The fourth-order valence-electron chi connectivity index (χ4n) is 5.76. The van der Waals surface area contributed by atoms with Crippen molar-refractivity contribution in [3.8, 4) is 0 Å². The molecular formula is C31H62N2O2. The van der Waals surface area contributed by atoms with Crippen LogP contribution in [0.5, 0.6) is 0 Å². The van der Waals surface area contributed by atoms with Gasteiger partial charge in [0.1, 0.15) is 0 Å². The number of hydroxylamine groups is 2. The molecule has 0 radical (unpaired) electrons. The van der Waals surface area contributed by atoms with Gasteiger partial charge in [0.05, 0.1) is 11.1 Å². The van der Waals surface area contributed by atoms with Crippen molar-refractivity contribution >= 4 is 6.09 Å². The Hall–Kier alpha value is -0.770. The van der Waals surface area contributed by atoms with Gasteiger partial charge < -0.3 is 10.2 Å². The van der Waals surface area contributed by atoms with E-state index < -0.39 is 0 Å². The smallest absolute Gasteiger partial charge is 0.350 e. The Kier molecular flexibility index (Phi) is 17.0. The molecule has 1 aliphatic rings. The number of unbranched alkanes of at least 4 members (excludes halogenated alkanes) is 15. The van der Waals surface area contributed by atoms with E-state index in [1.807, 2.05) is 0 Å². The molecule has 1 aliphatic heterocycles. The van der Waals surface area contributed by atoms with E-state index in [-0.39, 0.29) is 17.2 Å². The monoisotopic (exact) mass is 494 g/mol. The summed E-state index contributed by atoms with van der Waals surface area (Å²) in [6, 6.07) is 0. The Balaban J connectivity index is 2.05. The minimum absolute atomic E-state index is 0.0805. The average molecular weight is 495 g/mol. The van der Waals surface area contributed by atoms with Gasteiger partial charge >= 0.3 is 6.09 Å². The van der Waals surface area contributed by atoms with Gasteiger partial charge in [-0.1, -0.05) is 124 Å². The Labute approximate surface area is 219 Å². The lowest BCUT2D eigenvalue weighted by atomic mass is 9.71. The van der Waals surface area contributed by atoms with Crippen molar-refractivity contribution in [3.05, 3.63) is 0 Å². The Bertz CT molecular complexity index is 540. The lowest BCUT2D eigenvalue weighted by Gasteiger charge is -2.55. The SMILES string of the molecule is CCCCCCCCCCCCCCCCCCNC(=O)ON1C(C)(CC)CCC(C)C1(C)CC. The van der Waals surface area contributed by atoms with Crippen molar-refractivity contribution in [2.24, 2.45) is 5.92 Å². The standard InChI is InChI=1S/C31H62N2O2/c1-7-10-11-12-13-14-15-16-17-18-19-20-21-22-23-24-27-32-29(34)35-33-30(5,8-2)26-25-28(4)31(33,6)9-3/h28H,7-27H2,1-6H3,(H,32,34). The Morgan fingerprint density at radius 3 is 1.66 bits per heavy atom. The zero-order valence-electron chi connectivity index (χ0n) is 24.7. The van der Waals surface area contributed by atoms with Gasteiger partial charge in [0, 0.05) is 6.54 Å². The highest BCUT2D eigenvalue weighted by atomic mass is 16.7. The molecule has 3 unspecified atom stereocenters. The molecule has 0 aromatic heterocycles. The summed E-state index contributed by atoms with van der Waals surface area (Å²) < 4.78 is 0. The molecule has 3 atom stereocenters. The van der Waals surface area contributed by atoms with Crippen LogP contribution in [0.1, 0.15) is 170 Å². The molecule has 4 nitrogen and oxygen atoms in total. The van der Waals surface area contributed by atoms with E-state index in [0.29, 0.717) is 12.5 Å². The lowest BCUT2D eigenvalue weighted by molar-refractivity contribution is -0.265. The highest BCUT2D eigenvalue weighted by Gasteiger charge is 2.51. The molecule has 35 heavy (non-hydrogen) atoms. The third-order valence-corrected chi connectivity index (χ3v) is 9.08.